The molecule has 1 aliphatic rings. The number of amides is 1. The van der Waals surface area contributed by atoms with Crippen LogP contribution in [0.3, 0.4) is 0 Å². The third-order valence-corrected chi connectivity index (χ3v) is 1.94. The van der Waals surface area contributed by atoms with Gasteiger partial charge < -0.3 is 16.2 Å². The van der Waals surface area contributed by atoms with Crippen LogP contribution in [0.1, 0.15) is 25.7 Å². The standard InChI is InChI=1S/C8H14N2O3/c9-6(8(12)13)3-4-7(11)10-5-1-2-5/h5-6H,1-4,9H2,(H,10,11)(H,12,13)/t6-/m0/s1. The van der Waals surface area contributed by atoms with E-state index in [1.807, 2.05) is 0 Å². The van der Waals surface area contributed by atoms with Crippen molar-refractivity contribution >= 4 is 11.9 Å². The van der Waals surface area contributed by atoms with Crippen LogP contribution >= 0.6 is 0 Å². The van der Waals surface area contributed by atoms with E-state index in [9.17, 15) is 9.59 Å². The zero-order chi connectivity index (χ0) is 9.84. The van der Waals surface area contributed by atoms with Gasteiger partial charge in [0.25, 0.3) is 0 Å². The van der Waals surface area contributed by atoms with Crippen LogP contribution in [-0.2, 0) is 9.59 Å². The number of carboxylic acid groups (broad SMARTS) is 1. The number of nitrogens with one attached hydrogen (secondary N) is 1. The minimum absolute atomic E-state index is 0.0980. The number of hydrogen-bond donors (Lipinski definition) is 3. The summed E-state index contributed by atoms with van der Waals surface area (Å²) in [5.41, 5.74) is 5.23. The molecule has 0 aromatic rings. The molecule has 4 N–H and O–H groups in total. The Hall–Kier alpha value is -1.10. The van der Waals surface area contributed by atoms with E-state index in [1.54, 1.807) is 0 Å². The van der Waals surface area contributed by atoms with Gasteiger partial charge >= 0.3 is 5.97 Å². The van der Waals surface area contributed by atoms with Crippen LogP contribution in [0.4, 0.5) is 0 Å². The van der Waals surface area contributed by atoms with Gasteiger partial charge in [0.2, 0.25) is 5.91 Å². The van der Waals surface area contributed by atoms with Gasteiger partial charge in [-0.25, -0.2) is 0 Å². The first-order chi connectivity index (χ1) is 6.09. The predicted molar refractivity (Wildman–Crippen MR) is 46.0 cm³/mol. The molecule has 5 nitrogen and oxygen atoms in total. The van der Waals surface area contributed by atoms with Gasteiger partial charge in [0.1, 0.15) is 6.04 Å². The molecule has 0 spiro atoms. The Kier molecular flexibility index (Phi) is 3.25. The Morgan fingerprint density at radius 2 is 2.15 bits per heavy atom. The van der Waals surface area contributed by atoms with E-state index in [0.29, 0.717) is 6.04 Å². The molecule has 0 aromatic heterocycles. The molecule has 1 fully saturated rings. The van der Waals surface area contributed by atoms with Crippen LogP contribution in [0.25, 0.3) is 0 Å². The molecule has 5 heteroatoms. The average Bonchev–Trinajstić information content (AvgIpc) is 2.83. The third kappa shape index (κ3) is 3.89. The van der Waals surface area contributed by atoms with E-state index >= 15 is 0 Å². The molecule has 1 rings (SSSR count). The summed E-state index contributed by atoms with van der Waals surface area (Å²) in [4.78, 5) is 21.4. The maximum absolute atomic E-state index is 11.1. The molecule has 74 valence electrons. The molecular weight excluding hydrogens is 172 g/mol. The molecule has 0 radical (unpaired) electrons. The maximum atomic E-state index is 11.1. The van der Waals surface area contributed by atoms with Gasteiger partial charge in [0.05, 0.1) is 0 Å². The van der Waals surface area contributed by atoms with E-state index in [-0.39, 0.29) is 18.7 Å². The number of aliphatic carboxylic acids is 1. The van der Waals surface area contributed by atoms with Crippen molar-refractivity contribution in [3.8, 4) is 0 Å². The van der Waals surface area contributed by atoms with Crippen molar-refractivity contribution in [1.82, 2.24) is 5.32 Å². The Morgan fingerprint density at radius 1 is 1.54 bits per heavy atom. The second-order valence-electron chi connectivity index (χ2n) is 3.33. The van der Waals surface area contributed by atoms with Gasteiger partial charge in [0, 0.05) is 12.5 Å². The van der Waals surface area contributed by atoms with Crippen molar-refractivity contribution < 1.29 is 14.7 Å². The molecule has 1 saturated carbocycles. The average molecular weight is 186 g/mol. The lowest BCUT2D eigenvalue weighted by Crippen LogP contribution is -2.33. The minimum Gasteiger partial charge on any atom is -0.480 e. The maximum Gasteiger partial charge on any atom is 0.320 e. The second kappa shape index (κ2) is 4.23. The molecule has 1 atom stereocenters. The van der Waals surface area contributed by atoms with Gasteiger partial charge in [-0.1, -0.05) is 0 Å². The molecule has 0 heterocycles. The van der Waals surface area contributed by atoms with Crippen molar-refractivity contribution in [2.45, 2.75) is 37.8 Å². The van der Waals surface area contributed by atoms with Crippen molar-refractivity contribution in [2.75, 3.05) is 0 Å². The fourth-order valence-corrected chi connectivity index (χ4v) is 0.938. The van der Waals surface area contributed by atoms with E-state index in [1.165, 1.54) is 0 Å². The number of nitrogens with two attached hydrogens (primary N) is 1. The lowest BCUT2D eigenvalue weighted by molar-refractivity contribution is -0.138. The van der Waals surface area contributed by atoms with Gasteiger partial charge in [-0.15, -0.1) is 0 Å². The lowest BCUT2D eigenvalue weighted by atomic mass is 10.1. The summed E-state index contributed by atoms with van der Waals surface area (Å²) in [7, 11) is 0. The Labute approximate surface area is 76.3 Å². The molecule has 1 aliphatic carbocycles. The van der Waals surface area contributed by atoms with Gasteiger partial charge in [0.15, 0.2) is 0 Å². The number of hydrogen-bond acceptors (Lipinski definition) is 3. The van der Waals surface area contributed by atoms with E-state index < -0.39 is 12.0 Å². The second-order valence-corrected chi connectivity index (χ2v) is 3.33. The highest BCUT2D eigenvalue weighted by atomic mass is 16.4. The predicted octanol–water partition coefficient (Wildman–Crippen LogP) is -0.543. The van der Waals surface area contributed by atoms with Crippen LogP contribution < -0.4 is 11.1 Å². The Bertz CT molecular complexity index is 213. The zero-order valence-electron chi connectivity index (χ0n) is 7.32. The number of carbonyl (C=O) groups is 2. The SMILES string of the molecule is N[C@@H](CCC(=O)NC1CC1)C(=O)O. The van der Waals surface area contributed by atoms with E-state index in [4.69, 9.17) is 10.8 Å². The van der Waals surface area contributed by atoms with Gasteiger partial charge in [-0.05, 0) is 19.3 Å². The van der Waals surface area contributed by atoms with Gasteiger partial charge in [-0.3, -0.25) is 9.59 Å². The summed E-state index contributed by atoms with van der Waals surface area (Å²) < 4.78 is 0. The van der Waals surface area contributed by atoms with Crippen LogP contribution in [0.15, 0.2) is 0 Å². The quantitative estimate of drug-likeness (QED) is 0.537. The van der Waals surface area contributed by atoms with Crippen molar-refractivity contribution in [2.24, 2.45) is 5.73 Å². The molecule has 0 saturated heterocycles. The fourth-order valence-electron chi connectivity index (χ4n) is 0.938. The van der Waals surface area contributed by atoms with Crippen LogP contribution in [0.2, 0.25) is 0 Å². The molecular formula is C8H14N2O3. The first kappa shape index (κ1) is 9.98. The highest BCUT2D eigenvalue weighted by molar-refractivity contribution is 5.78. The molecule has 0 aliphatic heterocycles. The summed E-state index contributed by atoms with van der Waals surface area (Å²) in [5, 5.41) is 11.2. The summed E-state index contributed by atoms with van der Waals surface area (Å²) in [6, 6.07) is -0.599. The molecule has 13 heavy (non-hydrogen) atoms. The molecule has 0 aromatic carbocycles. The Morgan fingerprint density at radius 3 is 2.62 bits per heavy atom. The number of carbonyl (C=O) groups excluding carboxylic acids is 1. The van der Waals surface area contributed by atoms with Gasteiger partial charge in [-0.2, -0.15) is 0 Å². The monoisotopic (exact) mass is 186 g/mol. The smallest absolute Gasteiger partial charge is 0.320 e. The minimum atomic E-state index is -1.06. The normalized spacial score (nSPS) is 17.9. The fraction of sp³-hybridized carbons (Fsp3) is 0.750. The van der Waals surface area contributed by atoms with Crippen LogP contribution in [0.5, 0.6) is 0 Å². The molecule has 0 unspecified atom stereocenters. The summed E-state index contributed by atoms with van der Waals surface area (Å²) >= 11 is 0. The summed E-state index contributed by atoms with van der Waals surface area (Å²) in [6.45, 7) is 0. The first-order valence-electron chi connectivity index (χ1n) is 4.37. The highest BCUT2D eigenvalue weighted by Gasteiger charge is 2.23. The third-order valence-electron chi connectivity index (χ3n) is 1.94. The topological polar surface area (TPSA) is 92.4 Å². The highest BCUT2D eigenvalue weighted by Crippen LogP contribution is 2.18. The zero-order valence-corrected chi connectivity index (χ0v) is 7.32. The van der Waals surface area contributed by atoms with Crippen molar-refractivity contribution in [1.29, 1.82) is 0 Å². The number of rotatable bonds is 5. The summed E-state index contributed by atoms with van der Waals surface area (Å²) in [6.07, 6.45) is 2.48. The van der Waals surface area contributed by atoms with Crippen molar-refractivity contribution in [3.05, 3.63) is 0 Å². The number of carboxylic acids is 1. The first-order valence-corrected chi connectivity index (χ1v) is 4.37. The van der Waals surface area contributed by atoms with Crippen LogP contribution in [0, 0.1) is 0 Å². The van der Waals surface area contributed by atoms with E-state index in [2.05, 4.69) is 5.32 Å². The molecule has 1 amide bonds. The Balaban J connectivity index is 2.09. The largest absolute Gasteiger partial charge is 0.480 e. The van der Waals surface area contributed by atoms with E-state index in [0.717, 1.165) is 12.8 Å². The summed E-state index contributed by atoms with van der Waals surface area (Å²) in [5.74, 6) is -1.15. The molecule has 0 bridgehead atoms. The lowest BCUT2D eigenvalue weighted by Gasteiger charge is -2.05. The van der Waals surface area contributed by atoms with Crippen LogP contribution in [-0.4, -0.2) is 29.1 Å². The van der Waals surface area contributed by atoms with Crippen molar-refractivity contribution in [3.63, 3.8) is 0 Å².